The van der Waals surface area contributed by atoms with Gasteiger partial charge in [0.2, 0.25) is 0 Å². The van der Waals surface area contributed by atoms with E-state index in [9.17, 15) is 4.39 Å². The Morgan fingerprint density at radius 1 is 1.46 bits per heavy atom. The molecule has 3 rings (SSSR count). The number of H-pyrrole nitrogens is 1. The summed E-state index contributed by atoms with van der Waals surface area (Å²) in [6.45, 7) is 5.35. The van der Waals surface area contributed by atoms with Crippen LogP contribution in [0.15, 0.2) is 18.2 Å². The average molecular weight is 328 g/mol. The van der Waals surface area contributed by atoms with Crippen molar-refractivity contribution in [2.24, 2.45) is 0 Å². The minimum Gasteiger partial charge on any atom is -0.380 e. The molecule has 0 unspecified atom stereocenters. The van der Waals surface area contributed by atoms with Gasteiger partial charge in [-0.1, -0.05) is 6.07 Å². The van der Waals surface area contributed by atoms with Crippen LogP contribution in [0, 0.1) is 31.0 Å². The van der Waals surface area contributed by atoms with Gasteiger partial charge in [-0.2, -0.15) is 5.26 Å². The zero-order valence-electron chi connectivity index (χ0n) is 14.1. The first-order valence-electron chi connectivity index (χ1n) is 8.00. The Balaban J connectivity index is 1.84. The standard InChI is InChI=1S/C18H21FN4O/c1-11-12(2)22-18(21-11)17-7-15(24-3)10-23(17)9-13-4-5-14(8-20)16(19)6-13/h4-6,15,17H,7,9-10H2,1-3H3,(H,21,22)/t15-,17+/m1/s1. The number of likely N-dealkylation sites (tertiary alicyclic amines) is 1. The molecule has 0 saturated carbocycles. The third-order valence-electron chi connectivity index (χ3n) is 4.70. The van der Waals surface area contributed by atoms with Gasteiger partial charge in [-0.05, 0) is 38.0 Å². The SMILES string of the molecule is CO[C@@H]1C[C@@H](c2nc(C)c(C)[nH]2)N(Cc2ccc(C#N)c(F)c2)C1. The predicted octanol–water partition coefficient (Wildman–Crippen LogP) is 3.00. The maximum atomic E-state index is 13.9. The zero-order chi connectivity index (χ0) is 17.3. The number of nitriles is 1. The highest BCUT2D eigenvalue weighted by molar-refractivity contribution is 5.33. The molecular formula is C18H21FN4O. The molecule has 1 aromatic heterocycles. The lowest BCUT2D eigenvalue weighted by atomic mass is 10.1. The molecule has 126 valence electrons. The summed E-state index contributed by atoms with van der Waals surface area (Å²) in [5.74, 6) is 0.456. The van der Waals surface area contributed by atoms with Crippen LogP contribution in [-0.2, 0) is 11.3 Å². The number of aryl methyl sites for hydroxylation is 2. The zero-order valence-corrected chi connectivity index (χ0v) is 14.1. The lowest BCUT2D eigenvalue weighted by molar-refractivity contribution is 0.107. The first-order valence-corrected chi connectivity index (χ1v) is 8.00. The Morgan fingerprint density at radius 2 is 2.25 bits per heavy atom. The van der Waals surface area contributed by atoms with Crippen LogP contribution in [0.5, 0.6) is 0 Å². The fraction of sp³-hybridized carbons (Fsp3) is 0.444. The van der Waals surface area contributed by atoms with Crippen molar-refractivity contribution in [2.75, 3.05) is 13.7 Å². The van der Waals surface area contributed by atoms with Crippen molar-refractivity contribution in [1.29, 1.82) is 5.26 Å². The monoisotopic (exact) mass is 328 g/mol. The van der Waals surface area contributed by atoms with Gasteiger partial charge in [-0.15, -0.1) is 0 Å². The van der Waals surface area contributed by atoms with Crippen LogP contribution in [0.3, 0.4) is 0 Å². The summed E-state index contributed by atoms with van der Waals surface area (Å²) in [7, 11) is 1.71. The lowest BCUT2D eigenvalue weighted by Gasteiger charge is -2.22. The second-order valence-electron chi connectivity index (χ2n) is 6.30. The second-order valence-corrected chi connectivity index (χ2v) is 6.30. The van der Waals surface area contributed by atoms with Gasteiger partial charge in [-0.25, -0.2) is 9.37 Å². The molecule has 1 aliphatic heterocycles. The molecule has 0 amide bonds. The summed E-state index contributed by atoms with van der Waals surface area (Å²) in [5, 5.41) is 8.85. The molecule has 24 heavy (non-hydrogen) atoms. The van der Waals surface area contributed by atoms with Gasteiger partial charge in [0.05, 0.1) is 23.4 Å². The molecule has 2 atom stereocenters. The molecule has 1 saturated heterocycles. The minimum atomic E-state index is -0.473. The molecule has 1 aliphatic rings. The quantitative estimate of drug-likeness (QED) is 0.937. The Morgan fingerprint density at radius 3 is 2.83 bits per heavy atom. The van der Waals surface area contributed by atoms with E-state index in [4.69, 9.17) is 10.00 Å². The molecular weight excluding hydrogens is 307 g/mol. The number of hydrogen-bond donors (Lipinski definition) is 1. The number of methoxy groups -OCH3 is 1. The van der Waals surface area contributed by atoms with Gasteiger partial charge < -0.3 is 9.72 Å². The van der Waals surface area contributed by atoms with Gasteiger partial charge in [0.15, 0.2) is 0 Å². The van der Waals surface area contributed by atoms with E-state index >= 15 is 0 Å². The summed E-state index contributed by atoms with van der Waals surface area (Å²) in [6.07, 6.45) is 0.978. The number of benzene rings is 1. The number of nitrogens with one attached hydrogen (secondary N) is 1. The van der Waals surface area contributed by atoms with Crippen LogP contribution in [0.4, 0.5) is 4.39 Å². The molecule has 0 spiro atoms. The summed E-state index contributed by atoms with van der Waals surface area (Å²) < 4.78 is 19.4. The number of imidazole rings is 1. The molecule has 1 aromatic carbocycles. The Hall–Kier alpha value is -2.23. The van der Waals surface area contributed by atoms with Crippen molar-refractivity contribution < 1.29 is 9.13 Å². The van der Waals surface area contributed by atoms with Crippen LogP contribution in [-0.4, -0.2) is 34.6 Å². The van der Waals surface area contributed by atoms with Crippen LogP contribution in [0.25, 0.3) is 0 Å². The third-order valence-corrected chi connectivity index (χ3v) is 4.70. The van der Waals surface area contributed by atoms with E-state index in [1.807, 2.05) is 19.9 Å². The maximum Gasteiger partial charge on any atom is 0.141 e. The third kappa shape index (κ3) is 3.18. The van der Waals surface area contributed by atoms with E-state index in [0.717, 1.165) is 35.7 Å². The van der Waals surface area contributed by atoms with Crippen LogP contribution in [0.1, 0.15) is 40.8 Å². The van der Waals surface area contributed by atoms with E-state index in [1.54, 1.807) is 13.2 Å². The largest absolute Gasteiger partial charge is 0.380 e. The molecule has 2 aromatic rings. The Bertz CT molecular complexity index is 760. The number of hydrogen-bond acceptors (Lipinski definition) is 4. The summed E-state index contributed by atoms with van der Waals surface area (Å²) >= 11 is 0. The van der Waals surface area contributed by atoms with Gasteiger partial charge in [0, 0.05) is 25.9 Å². The minimum absolute atomic E-state index is 0.0729. The summed E-state index contributed by atoms with van der Waals surface area (Å²) in [4.78, 5) is 10.2. The van der Waals surface area contributed by atoms with Gasteiger partial charge >= 0.3 is 0 Å². The van der Waals surface area contributed by atoms with Crippen molar-refractivity contribution in [2.45, 2.75) is 39.0 Å². The first kappa shape index (κ1) is 16.6. The van der Waals surface area contributed by atoms with Crippen molar-refractivity contribution in [1.82, 2.24) is 14.9 Å². The molecule has 2 heterocycles. The number of rotatable bonds is 4. The number of halogens is 1. The molecule has 5 nitrogen and oxygen atoms in total. The number of aromatic amines is 1. The van der Waals surface area contributed by atoms with Crippen LogP contribution in [0.2, 0.25) is 0 Å². The fourth-order valence-electron chi connectivity index (χ4n) is 3.21. The molecule has 0 bridgehead atoms. The van der Waals surface area contributed by atoms with E-state index in [-0.39, 0.29) is 17.7 Å². The topological polar surface area (TPSA) is 64.9 Å². The van der Waals surface area contributed by atoms with Gasteiger partial charge in [0.1, 0.15) is 17.7 Å². The highest BCUT2D eigenvalue weighted by atomic mass is 19.1. The van der Waals surface area contributed by atoms with Gasteiger partial charge in [0.25, 0.3) is 0 Å². The highest BCUT2D eigenvalue weighted by Gasteiger charge is 2.35. The van der Waals surface area contributed by atoms with E-state index in [0.29, 0.717) is 6.54 Å². The van der Waals surface area contributed by atoms with Crippen molar-refractivity contribution in [3.8, 4) is 6.07 Å². The Labute approximate surface area is 141 Å². The normalized spacial score (nSPS) is 21.1. The predicted molar refractivity (Wildman–Crippen MR) is 87.7 cm³/mol. The number of aromatic nitrogens is 2. The molecule has 0 radical (unpaired) electrons. The fourth-order valence-corrected chi connectivity index (χ4v) is 3.21. The molecule has 1 N–H and O–H groups in total. The average Bonchev–Trinajstić information content (AvgIpc) is 3.11. The second kappa shape index (κ2) is 6.71. The van der Waals surface area contributed by atoms with Crippen LogP contribution < -0.4 is 0 Å². The van der Waals surface area contributed by atoms with E-state index in [2.05, 4.69) is 14.9 Å². The van der Waals surface area contributed by atoms with Crippen LogP contribution >= 0.6 is 0 Å². The molecule has 1 fully saturated rings. The van der Waals surface area contributed by atoms with Crippen molar-refractivity contribution in [3.05, 3.63) is 52.4 Å². The molecule has 0 aliphatic carbocycles. The maximum absolute atomic E-state index is 13.9. The number of nitrogens with zero attached hydrogens (tertiary/aromatic N) is 3. The lowest BCUT2D eigenvalue weighted by Crippen LogP contribution is -2.25. The van der Waals surface area contributed by atoms with E-state index in [1.165, 1.54) is 12.1 Å². The highest BCUT2D eigenvalue weighted by Crippen LogP contribution is 2.33. The Kier molecular flexibility index (Phi) is 4.65. The van der Waals surface area contributed by atoms with Gasteiger partial charge in [-0.3, -0.25) is 4.90 Å². The number of ether oxygens (including phenoxy) is 1. The first-order chi connectivity index (χ1) is 11.5. The van der Waals surface area contributed by atoms with Crippen molar-refractivity contribution >= 4 is 0 Å². The molecule has 6 heteroatoms. The summed E-state index contributed by atoms with van der Waals surface area (Å²) in [5.41, 5.74) is 2.97. The summed E-state index contributed by atoms with van der Waals surface area (Å²) in [6, 6.07) is 6.74. The van der Waals surface area contributed by atoms with Crippen molar-refractivity contribution in [3.63, 3.8) is 0 Å². The van der Waals surface area contributed by atoms with E-state index < -0.39 is 5.82 Å². The smallest absolute Gasteiger partial charge is 0.141 e.